The predicted molar refractivity (Wildman–Crippen MR) is 53.8 cm³/mol. The molecule has 1 aromatic carbocycles. The molecule has 3 nitrogen and oxygen atoms in total. The summed E-state index contributed by atoms with van der Waals surface area (Å²) < 4.78 is 17.7. The highest BCUT2D eigenvalue weighted by Gasteiger charge is 2.23. The van der Waals surface area contributed by atoms with Gasteiger partial charge in [0.2, 0.25) is 0 Å². The molecule has 1 saturated carbocycles. The number of ether oxygens (including phenoxy) is 1. The van der Waals surface area contributed by atoms with Crippen LogP contribution in [0.1, 0.15) is 23.2 Å². The zero-order chi connectivity index (χ0) is 10.8. The molecule has 0 aromatic heterocycles. The summed E-state index contributed by atoms with van der Waals surface area (Å²) in [6.07, 6.45) is 2.23. The molecule has 0 amide bonds. The molecule has 0 atom stereocenters. The van der Waals surface area contributed by atoms with E-state index in [1.165, 1.54) is 12.1 Å². The first-order valence-corrected chi connectivity index (χ1v) is 4.89. The van der Waals surface area contributed by atoms with E-state index in [1.54, 1.807) is 0 Å². The van der Waals surface area contributed by atoms with E-state index in [4.69, 9.17) is 10.5 Å². The van der Waals surface area contributed by atoms with Crippen molar-refractivity contribution in [3.8, 4) is 0 Å². The highest BCUT2D eigenvalue weighted by Crippen LogP contribution is 2.29. The minimum absolute atomic E-state index is 0.121. The number of benzene rings is 1. The van der Waals surface area contributed by atoms with Crippen LogP contribution >= 0.6 is 0 Å². The van der Waals surface area contributed by atoms with Crippen LogP contribution in [0, 0.1) is 11.7 Å². The van der Waals surface area contributed by atoms with Crippen LogP contribution in [0.4, 0.5) is 10.1 Å². The van der Waals surface area contributed by atoms with Crippen molar-refractivity contribution < 1.29 is 13.9 Å². The van der Waals surface area contributed by atoms with Gasteiger partial charge in [0.1, 0.15) is 5.82 Å². The van der Waals surface area contributed by atoms with Crippen LogP contribution < -0.4 is 5.73 Å². The molecule has 0 unspecified atom stereocenters. The molecular formula is C11H12FNO2. The second-order valence-electron chi connectivity index (χ2n) is 3.77. The molecule has 80 valence electrons. The van der Waals surface area contributed by atoms with Gasteiger partial charge in [0, 0.05) is 5.69 Å². The molecular weight excluding hydrogens is 197 g/mol. The van der Waals surface area contributed by atoms with E-state index < -0.39 is 11.8 Å². The average Bonchev–Trinajstić information content (AvgIpc) is 2.97. The first-order valence-electron chi connectivity index (χ1n) is 4.89. The van der Waals surface area contributed by atoms with E-state index in [2.05, 4.69) is 0 Å². The molecule has 0 heterocycles. The number of nitrogen functional groups attached to an aromatic ring is 1. The normalized spacial score (nSPS) is 15.0. The number of rotatable bonds is 3. The van der Waals surface area contributed by atoms with E-state index in [-0.39, 0.29) is 11.3 Å². The Balaban J connectivity index is 2.03. The summed E-state index contributed by atoms with van der Waals surface area (Å²) in [6.45, 7) is 0.440. The Hall–Kier alpha value is -1.58. The van der Waals surface area contributed by atoms with Gasteiger partial charge < -0.3 is 10.5 Å². The summed E-state index contributed by atoms with van der Waals surface area (Å²) >= 11 is 0. The Bertz CT molecular complexity index is 388. The minimum Gasteiger partial charge on any atom is -0.462 e. The smallest absolute Gasteiger partial charge is 0.340 e. The van der Waals surface area contributed by atoms with Crippen LogP contribution in [0.3, 0.4) is 0 Å². The minimum atomic E-state index is -0.473. The molecule has 15 heavy (non-hydrogen) atoms. The van der Waals surface area contributed by atoms with Crippen LogP contribution in [0.2, 0.25) is 0 Å². The van der Waals surface area contributed by atoms with Crippen molar-refractivity contribution in [1.29, 1.82) is 0 Å². The number of hydrogen-bond donors (Lipinski definition) is 1. The van der Waals surface area contributed by atoms with Gasteiger partial charge in [-0.25, -0.2) is 9.18 Å². The van der Waals surface area contributed by atoms with Crippen molar-refractivity contribution in [1.82, 2.24) is 0 Å². The lowest BCUT2D eigenvalue weighted by Crippen LogP contribution is -2.10. The lowest BCUT2D eigenvalue weighted by atomic mass is 10.2. The maximum Gasteiger partial charge on any atom is 0.340 e. The SMILES string of the molecule is Nc1cc(F)ccc1C(=O)OCC1CC1. The summed E-state index contributed by atoms with van der Waals surface area (Å²) in [5.74, 6) is -0.415. The molecule has 0 saturated heterocycles. The number of carbonyl (C=O) groups excluding carboxylic acids is 1. The molecule has 0 radical (unpaired) electrons. The van der Waals surface area contributed by atoms with Gasteiger partial charge in [-0.3, -0.25) is 0 Å². The lowest BCUT2D eigenvalue weighted by Gasteiger charge is -2.05. The van der Waals surface area contributed by atoms with Gasteiger partial charge in [0.15, 0.2) is 0 Å². The monoisotopic (exact) mass is 209 g/mol. The topological polar surface area (TPSA) is 52.3 Å². The zero-order valence-electron chi connectivity index (χ0n) is 8.20. The number of anilines is 1. The number of esters is 1. The second kappa shape index (κ2) is 3.88. The molecule has 1 aliphatic carbocycles. The fourth-order valence-corrected chi connectivity index (χ4v) is 1.28. The highest BCUT2D eigenvalue weighted by molar-refractivity contribution is 5.95. The van der Waals surface area contributed by atoms with Crippen molar-refractivity contribution in [2.24, 2.45) is 5.92 Å². The number of carbonyl (C=O) groups is 1. The first kappa shape index (κ1) is 9.96. The molecule has 2 rings (SSSR count). The Kier molecular flexibility index (Phi) is 2.58. The summed E-state index contributed by atoms with van der Waals surface area (Å²) in [6, 6.07) is 3.66. The van der Waals surface area contributed by atoms with Gasteiger partial charge in [0.05, 0.1) is 12.2 Å². The quantitative estimate of drug-likeness (QED) is 0.611. The standard InChI is InChI=1S/C11H12FNO2/c12-8-3-4-9(10(13)5-8)11(14)15-6-7-1-2-7/h3-5,7H,1-2,6,13H2. The predicted octanol–water partition coefficient (Wildman–Crippen LogP) is 1.97. The summed E-state index contributed by atoms with van der Waals surface area (Å²) in [4.78, 5) is 11.5. The molecule has 1 fully saturated rings. The van der Waals surface area contributed by atoms with Crippen LogP contribution in [0.5, 0.6) is 0 Å². The van der Waals surface area contributed by atoms with Crippen molar-refractivity contribution in [2.45, 2.75) is 12.8 Å². The Labute approximate surface area is 87.0 Å². The summed E-state index contributed by atoms with van der Waals surface area (Å²) in [7, 11) is 0. The average molecular weight is 209 g/mol. The number of hydrogen-bond acceptors (Lipinski definition) is 3. The van der Waals surface area contributed by atoms with E-state index in [0.717, 1.165) is 18.9 Å². The van der Waals surface area contributed by atoms with Gasteiger partial charge in [-0.2, -0.15) is 0 Å². The fraction of sp³-hybridized carbons (Fsp3) is 0.364. The lowest BCUT2D eigenvalue weighted by molar-refractivity contribution is 0.0487. The van der Waals surface area contributed by atoms with Crippen LogP contribution in [0.25, 0.3) is 0 Å². The van der Waals surface area contributed by atoms with Gasteiger partial charge >= 0.3 is 5.97 Å². The molecule has 1 aliphatic rings. The van der Waals surface area contributed by atoms with Crippen molar-refractivity contribution in [3.05, 3.63) is 29.6 Å². The summed E-state index contributed by atoms with van der Waals surface area (Å²) in [5, 5.41) is 0. The molecule has 1 aromatic rings. The highest BCUT2D eigenvalue weighted by atomic mass is 19.1. The van der Waals surface area contributed by atoms with Crippen LogP contribution in [-0.4, -0.2) is 12.6 Å². The third kappa shape index (κ3) is 2.46. The van der Waals surface area contributed by atoms with Crippen LogP contribution in [0.15, 0.2) is 18.2 Å². The van der Waals surface area contributed by atoms with Crippen molar-refractivity contribution in [2.75, 3.05) is 12.3 Å². The molecule has 0 spiro atoms. The van der Waals surface area contributed by atoms with Gasteiger partial charge in [0.25, 0.3) is 0 Å². The van der Waals surface area contributed by atoms with Crippen molar-refractivity contribution >= 4 is 11.7 Å². The third-order valence-electron chi connectivity index (χ3n) is 2.38. The molecule has 2 N–H and O–H groups in total. The first-order chi connectivity index (χ1) is 7.16. The Morgan fingerprint density at radius 2 is 2.27 bits per heavy atom. The van der Waals surface area contributed by atoms with E-state index in [0.29, 0.717) is 12.5 Å². The Morgan fingerprint density at radius 3 is 2.87 bits per heavy atom. The maximum absolute atomic E-state index is 12.7. The zero-order valence-corrected chi connectivity index (χ0v) is 8.20. The van der Waals surface area contributed by atoms with E-state index in [1.807, 2.05) is 0 Å². The summed E-state index contributed by atoms with van der Waals surface area (Å²) in [5.41, 5.74) is 5.86. The number of nitrogens with two attached hydrogens (primary N) is 1. The number of halogens is 1. The maximum atomic E-state index is 12.7. The van der Waals surface area contributed by atoms with Gasteiger partial charge in [-0.05, 0) is 37.0 Å². The second-order valence-corrected chi connectivity index (χ2v) is 3.77. The van der Waals surface area contributed by atoms with Crippen molar-refractivity contribution in [3.63, 3.8) is 0 Å². The van der Waals surface area contributed by atoms with Crippen LogP contribution in [-0.2, 0) is 4.74 Å². The van der Waals surface area contributed by atoms with E-state index >= 15 is 0 Å². The van der Waals surface area contributed by atoms with Gasteiger partial charge in [-0.15, -0.1) is 0 Å². The fourth-order valence-electron chi connectivity index (χ4n) is 1.28. The molecule has 4 heteroatoms. The Morgan fingerprint density at radius 1 is 1.53 bits per heavy atom. The van der Waals surface area contributed by atoms with E-state index in [9.17, 15) is 9.18 Å². The third-order valence-corrected chi connectivity index (χ3v) is 2.38. The molecule has 0 bridgehead atoms. The van der Waals surface area contributed by atoms with Gasteiger partial charge in [-0.1, -0.05) is 0 Å². The molecule has 0 aliphatic heterocycles. The largest absolute Gasteiger partial charge is 0.462 e.